The molecule has 0 aliphatic heterocycles. The maximum atomic E-state index is 11.9. The molecule has 20 heavy (non-hydrogen) atoms. The Kier molecular flexibility index (Phi) is 5.96. The van der Waals surface area contributed by atoms with E-state index < -0.39 is 23.8 Å². The fraction of sp³-hybridized carbons (Fsp3) is 0.500. The summed E-state index contributed by atoms with van der Waals surface area (Å²) in [7, 11) is 0. The lowest BCUT2D eigenvalue weighted by molar-refractivity contribution is -0.149. The highest BCUT2D eigenvalue weighted by Crippen LogP contribution is 2.29. The molecule has 0 saturated carbocycles. The highest BCUT2D eigenvalue weighted by atomic mass is 16.6. The maximum Gasteiger partial charge on any atom is 0.334 e. The summed E-state index contributed by atoms with van der Waals surface area (Å²) in [5, 5.41) is 9.09. The normalized spacial score (nSPS) is 21.6. The predicted octanol–water partition coefficient (Wildman–Crippen LogP) is 1.32. The second-order valence-corrected chi connectivity index (χ2v) is 4.58. The maximum absolute atomic E-state index is 11.9. The predicted molar refractivity (Wildman–Crippen MR) is 69.7 cm³/mol. The molecule has 110 valence electrons. The topological polar surface area (TPSA) is 89.9 Å². The van der Waals surface area contributed by atoms with Crippen molar-refractivity contribution in [2.45, 2.75) is 19.8 Å². The van der Waals surface area contributed by atoms with Crippen molar-refractivity contribution in [1.29, 1.82) is 0 Å². The van der Waals surface area contributed by atoms with E-state index in [0.29, 0.717) is 6.42 Å². The Labute approximate surface area is 117 Å². The molecule has 0 amide bonds. The number of allylic oxidation sites excluding steroid dienone is 1. The van der Waals surface area contributed by atoms with Crippen LogP contribution in [-0.4, -0.2) is 36.2 Å². The van der Waals surface area contributed by atoms with Gasteiger partial charge < -0.3 is 14.6 Å². The summed E-state index contributed by atoms with van der Waals surface area (Å²) >= 11 is 0. The van der Waals surface area contributed by atoms with E-state index in [-0.39, 0.29) is 24.7 Å². The van der Waals surface area contributed by atoms with Gasteiger partial charge in [0.15, 0.2) is 0 Å². The molecule has 2 atom stereocenters. The molecule has 0 aromatic rings. The largest absolute Gasteiger partial charge is 0.481 e. The van der Waals surface area contributed by atoms with E-state index in [1.165, 1.54) is 0 Å². The number of ether oxygens (including phenoxy) is 2. The van der Waals surface area contributed by atoms with Crippen molar-refractivity contribution in [3.05, 3.63) is 24.3 Å². The molecule has 0 heterocycles. The van der Waals surface area contributed by atoms with Gasteiger partial charge in [-0.25, -0.2) is 9.59 Å². The summed E-state index contributed by atoms with van der Waals surface area (Å²) in [6.07, 6.45) is 3.79. The molecule has 1 rings (SSSR count). The molecule has 0 spiro atoms. The van der Waals surface area contributed by atoms with Crippen molar-refractivity contribution in [2.24, 2.45) is 11.8 Å². The minimum atomic E-state index is -1.03. The quantitative estimate of drug-likeness (QED) is 0.449. The van der Waals surface area contributed by atoms with E-state index in [2.05, 4.69) is 11.3 Å². The third kappa shape index (κ3) is 4.53. The fourth-order valence-corrected chi connectivity index (χ4v) is 1.98. The number of hydrogen-bond acceptors (Lipinski definition) is 5. The standard InChI is InChI=1S/C14H18O6/c1-3-12(15)19-6-7-20-14(18)11-8-9(2)4-5-10(11)13(16)17/h3,8-10H,1,4-7H2,2H3,(H,16,17). The number of carboxylic acid groups (broad SMARTS) is 1. The van der Waals surface area contributed by atoms with Gasteiger partial charge in [-0.1, -0.05) is 19.6 Å². The Balaban J connectivity index is 2.53. The smallest absolute Gasteiger partial charge is 0.334 e. The second kappa shape index (κ2) is 7.47. The average molecular weight is 282 g/mol. The van der Waals surface area contributed by atoms with Gasteiger partial charge >= 0.3 is 17.9 Å². The number of carboxylic acids is 1. The first kappa shape index (κ1) is 15.9. The van der Waals surface area contributed by atoms with Crippen LogP contribution in [0.25, 0.3) is 0 Å². The zero-order valence-corrected chi connectivity index (χ0v) is 11.3. The molecule has 6 heteroatoms. The molecule has 0 saturated heterocycles. The van der Waals surface area contributed by atoms with Crippen molar-refractivity contribution in [1.82, 2.24) is 0 Å². The second-order valence-electron chi connectivity index (χ2n) is 4.58. The van der Waals surface area contributed by atoms with Crippen LogP contribution in [-0.2, 0) is 23.9 Å². The lowest BCUT2D eigenvalue weighted by Gasteiger charge is -2.22. The summed E-state index contributed by atoms with van der Waals surface area (Å²) in [4.78, 5) is 33.7. The molecule has 1 aliphatic rings. The van der Waals surface area contributed by atoms with Crippen molar-refractivity contribution < 1.29 is 29.0 Å². The van der Waals surface area contributed by atoms with Gasteiger partial charge in [0.25, 0.3) is 0 Å². The summed E-state index contributed by atoms with van der Waals surface area (Å²) in [5.74, 6) is -2.98. The van der Waals surface area contributed by atoms with Gasteiger partial charge in [-0.15, -0.1) is 0 Å². The molecular weight excluding hydrogens is 264 g/mol. The van der Waals surface area contributed by atoms with Gasteiger partial charge in [-0.3, -0.25) is 4.79 Å². The van der Waals surface area contributed by atoms with E-state index in [0.717, 1.165) is 12.5 Å². The number of carbonyl (C=O) groups is 3. The summed E-state index contributed by atoms with van der Waals surface area (Å²) < 4.78 is 9.58. The third-order valence-corrected chi connectivity index (χ3v) is 3.01. The highest BCUT2D eigenvalue weighted by Gasteiger charge is 2.32. The summed E-state index contributed by atoms with van der Waals surface area (Å²) in [6.45, 7) is 4.94. The van der Waals surface area contributed by atoms with Gasteiger partial charge in [0.1, 0.15) is 13.2 Å². The minimum absolute atomic E-state index is 0.0861. The molecule has 0 aromatic carbocycles. The van der Waals surface area contributed by atoms with E-state index >= 15 is 0 Å². The van der Waals surface area contributed by atoms with Gasteiger partial charge in [-0.05, 0) is 18.8 Å². The number of carbonyl (C=O) groups excluding carboxylic acids is 2. The van der Waals surface area contributed by atoms with Crippen LogP contribution in [0.1, 0.15) is 19.8 Å². The van der Waals surface area contributed by atoms with Gasteiger partial charge in [0.05, 0.1) is 5.92 Å². The zero-order valence-electron chi connectivity index (χ0n) is 11.3. The average Bonchev–Trinajstić information content (AvgIpc) is 2.42. The monoisotopic (exact) mass is 282 g/mol. The van der Waals surface area contributed by atoms with Crippen LogP contribution in [0.4, 0.5) is 0 Å². The highest BCUT2D eigenvalue weighted by molar-refractivity contribution is 5.95. The van der Waals surface area contributed by atoms with Crippen molar-refractivity contribution in [2.75, 3.05) is 13.2 Å². The van der Waals surface area contributed by atoms with Crippen LogP contribution >= 0.6 is 0 Å². The molecule has 1 aliphatic carbocycles. The molecule has 0 bridgehead atoms. The molecule has 0 fully saturated rings. The Morgan fingerprint density at radius 1 is 1.35 bits per heavy atom. The summed E-state index contributed by atoms with van der Waals surface area (Å²) in [6, 6.07) is 0. The molecular formula is C14H18O6. The van der Waals surface area contributed by atoms with Crippen LogP contribution in [0.5, 0.6) is 0 Å². The zero-order chi connectivity index (χ0) is 15.1. The van der Waals surface area contributed by atoms with E-state index in [1.54, 1.807) is 6.08 Å². The van der Waals surface area contributed by atoms with Crippen LogP contribution in [0.3, 0.4) is 0 Å². The number of aliphatic carboxylic acids is 1. The van der Waals surface area contributed by atoms with Crippen LogP contribution in [0.2, 0.25) is 0 Å². The first-order valence-corrected chi connectivity index (χ1v) is 6.36. The van der Waals surface area contributed by atoms with E-state index in [1.807, 2.05) is 6.92 Å². The van der Waals surface area contributed by atoms with Gasteiger partial charge in [0, 0.05) is 11.6 Å². The van der Waals surface area contributed by atoms with Crippen molar-refractivity contribution in [3.8, 4) is 0 Å². The minimum Gasteiger partial charge on any atom is -0.481 e. The lowest BCUT2D eigenvalue weighted by atomic mass is 9.83. The number of esters is 2. The van der Waals surface area contributed by atoms with Crippen LogP contribution in [0.15, 0.2) is 24.3 Å². The third-order valence-electron chi connectivity index (χ3n) is 3.01. The molecule has 2 unspecified atom stereocenters. The lowest BCUT2D eigenvalue weighted by Crippen LogP contribution is -2.27. The van der Waals surface area contributed by atoms with Crippen LogP contribution in [0, 0.1) is 11.8 Å². The van der Waals surface area contributed by atoms with E-state index in [9.17, 15) is 14.4 Å². The van der Waals surface area contributed by atoms with Gasteiger partial charge in [0.2, 0.25) is 0 Å². The first-order valence-electron chi connectivity index (χ1n) is 6.36. The molecule has 0 radical (unpaired) electrons. The Hall–Kier alpha value is -2.11. The molecule has 0 aromatic heterocycles. The van der Waals surface area contributed by atoms with E-state index in [4.69, 9.17) is 9.84 Å². The Morgan fingerprint density at radius 2 is 2.00 bits per heavy atom. The SMILES string of the molecule is C=CC(=O)OCCOC(=O)C1=CC(C)CCC1C(=O)O. The van der Waals surface area contributed by atoms with Crippen molar-refractivity contribution in [3.63, 3.8) is 0 Å². The molecule has 1 N–H and O–H groups in total. The fourth-order valence-electron chi connectivity index (χ4n) is 1.98. The van der Waals surface area contributed by atoms with Gasteiger partial charge in [-0.2, -0.15) is 0 Å². The number of rotatable bonds is 6. The first-order chi connectivity index (χ1) is 9.45. The Bertz CT molecular complexity index is 437. The summed E-state index contributed by atoms with van der Waals surface area (Å²) in [5.41, 5.74) is 0.172. The van der Waals surface area contributed by atoms with Crippen LogP contribution < -0.4 is 0 Å². The Morgan fingerprint density at radius 3 is 2.60 bits per heavy atom. The van der Waals surface area contributed by atoms with Crippen molar-refractivity contribution >= 4 is 17.9 Å². The molecule has 6 nitrogen and oxygen atoms in total. The number of hydrogen-bond donors (Lipinski definition) is 1.